The molecule has 0 bridgehead atoms. The van der Waals surface area contributed by atoms with Crippen molar-refractivity contribution in [3.05, 3.63) is 24.3 Å². The topological polar surface area (TPSA) is 113 Å². The molecule has 0 N–H and O–H groups in total. The molecule has 29 heavy (non-hydrogen) atoms. The van der Waals surface area contributed by atoms with Crippen molar-refractivity contribution in [2.45, 2.75) is 40.0 Å². The van der Waals surface area contributed by atoms with Gasteiger partial charge in [0.1, 0.15) is 21.4 Å². The van der Waals surface area contributed by atoms with Crippen molar-refractivity contribution >= 4 is 43.6 Å². The van der Waals surface area contributed by atoms with Crippen molar-refractivity contribution in [1.82, 2.24) is 9.80 Å². The number of amides is 1. The fraction of sp³-hybridized carbons (Fsp3) is 0.529. The third-order valence-electron chi connectivity index (χ3n) is 4.35. The van der Waals surface area contributed by atoms with Gasteiger partial charge in [-0.25, -0.2) is 13.2 Å². The molecule has 1 aliphatic heterocycles. The third kappa shape index (κ3) is 4.81. The van der Waals surface area contributed by atoms with Gasteiger partial charge in [0.05, 0.1) is 11.3 Å². The summed E-state index contributed by atoms with van der Waals surface area (Å²) in [5, 5.41) is -0.777. The molecule has 1 aromatic heterocycles. The van der Waals surface area contributed by atoms with Crippen LogP contribution in [0.1, 0.15) is 31.9 Å². The van der Waals surface area contributed by atoms with Crippen molar-refractivity contribution in [1.29, 1.82) is 0 Å². The van der Waals surface area contributed by atoms with Crippen molar-refractivity contribution in [2.75, 3.05) is 27.2 Å². The van der Waals surface area contributed by atoms with Crippen LogP contribution >= 0.6 is 11.3 Å². The first-order valence-electron chi connectivity index (χ1n) is 8.84. The molecule has 0 fully saturated rings. The van der Waals surface area contributed by atoms with Gasteiger partial charge in [0.15, 0.2) is 9.84 Å². The number of carbonyl (C=O) groups is 1. The van der Waals surface area contributed by atoms with Crippen molar-refractivity contribution < 1.29 is 26.4 Å². The van der Waals surface area contributed by atoms with E-state index in [-0.39, 0.29) is 33.6 Å². The third-order valence-corrected chi connectivity index (χ3v) is 9.92. The highest BCUT2D eigenvalue weighted by Crippen LogP contribution is 2.45. The van der Waals surface area contributed by atoms with Crippen LogP contribution in [0.5, 0.6) is 0 Å². The lowest BCUT2D eigenvalue weighted by atomic mass is 10.0. The van der Waals surface area contributed by atoms with E-state index in [1.165, 1.54) is 21.9 Å². The minimum Gasteiger partial charge on any atom is -0.445 e. The number of sulfone groups is 1. The first-order valence-corrected chi connectivity index (χ1v) is 12.6. The van der Waals surface area contributed by atoms with Crippen LogP contribution in [0.3, 0.4) is 0 Å². The van der Waals surface area contributed by atoms with Gasteiger partial charge in [-0.15, -0.1) is 15.7 Å². The Kier molecular flexibility index (Phi) is 7.12. The predicted molar refractivity (Wildman–Crippen MR) is 112 cm³/mol. The Morgan fingerprint density at radius 3 is 2.66 bits per heavy atom. The molecule has 0 saturated carbocycles. The fourth-order valence-corrected chi connectivity index (χ4v) is 7.78. The monoisotopic (exact) mass is 463 g/mol. The molecule has 0 saturated heterocycles. The number of carbonyl (C=O) groups excluding carboxylic acids is 1. The molecule has 0 aliphatic carbocycles. The number of fused-ring (bicyclic) bond motifs is 1. The zero-order valence-electron chi connectivity index (χ0n) is 16.7. The average molecular weight is 464 g/mol. The van der Waals surface area contributed by atoms with Gasteiger partial charge in [-0.3, -0.25) is 0 Å². The van der Waals surface area contributed by atoms with Gasteiger partial charge in [0, 0.05) is 26.2 Å². The minimum absolute atomic E-state index is 0.0191. The van der Waals surface area contributed by atoms with Gasteiger partial charge in [-0.05, 0) is 26.3 Å². The summed E-state index contributed by atoms with van der Waals surface area (Å²) in [4.78, 5) is 15.3. The van der Waals surface area contributed by atoms with Gasteiger partial charge in [-0.1, -0.05) is 12.7 Å². The van der Waals surface area contributed by atoms with Crippen LogP contribution in [0, 0.1) is 0 Å². The van der Waals surface area contributed by atoms with Crippen LogP contribution in [0.2, 0.25) is 0 Å². The van der Waals surface area contributed by atoms with Crippen LogP contribution in [-0.4, -0.2) is 71.6 Å². The summed E-state index contributed by atoms with van der Waals surface area (Å²) in [6, 6.07) is 0.684. The second-order valence-corrected chi connectivity index (χ2v) is 12.2. The molecular formula is C17H25N3O6S3. The number of hydrogen-bond acceptors (Lipinski definition) is 7. The molecule has 2 rings (SSSR count). The molecule has 0 radical (unpaired) electrons. The zero-order valence-corrected chi connectivity index (χ0v) is 19.2. The lowest BCUT2D eigenvalue weighted by Crippen LogP contribution is -2.40. The second-order valence-electron chi connectivity index (χ2n) is 6.73. The van der Waals surface area contributed by atoms with Gasteiger partial charge >= 0.3 is 6.09 Å². The Hall–Kier alpha value is -1.92. The number of ether oxygens (including phenoxy) is 1. The van der Waals surface area contributed by atoms with E-state index in [4.69, 9.17) is 4.74 Å². The molecule has 0 aromatic carbocycles. The maximum absolute atomic E-state index is 12.8. The van der Waals surface area contributed by atoms with E-state index < -0.39 is 37.2 Å². The van der Waals surface area contributed by atoms with Gasteiger partial charge in [-0.2, -0.15) is 8.42 Å². The highest BCUT2D eigenvalue weighted by Gasteiger charge is 2.43. The molecule has 162 valence electrons. The van der Waals surface area contributed by atoms with E-state index in [2.05, 4.69) is 11.0 Å². The molecule has 0 spiro atoms. The highest BCUT2D eigenvalue weighted by molar-refractivity contribution is 7.96. The Morgan fingerprint density at radius 2 is 2.10 bits per heavy atom. The molecule has 1 amide bonds. The zero-order chi connectivity index (χ0) is 22.0. The number of thiophene rings is 1. The van der Waals surface area contributed by atoms with Crippen LogP contribution in [0.25, 0.3) is 0 Å². The normalized spacial score (nSPS) is 20.8. The summed E-state index contributed by atoms with van der Waals surface area (Å²) in [6.07, 6.45) is 2.09. The molecule has 1 aromatic rings. The lowest BCUT2D eigenvalue weighted by molar-refractivity contribution is 0.0937. The summed E-state index contributed by atoms with van der Waals surface area (Å²) in [6.45, 7) is 7.08. The Morgan fingerprint density at radius 1 is 1.45 bits per heavy atom. The van der Waals surface area contributed by atoms with Gasteiger partial charge < -0.3 is 14.5 Å². The molecule has 1 aliphatic rings. The summed E-state index contributed by atoms with van der Waals surface area (Å²) >= 11 is 0.663. The number of hydrogen-bond donors (Lipinski definition) is 0. The largest absolute Gasteiger partial charge is 0.445 e. The molecular weight excluding hydrogens is 438 g/mol. The maximum atomic E-state index is 12.8. The highest BCUT2D eigenvalue weighted by atomic mass is 32.3. The van der Waals surface area contributed by atoms with Crippen molar-refractivity contribution in [3.8, 4) is 0 Å². The Balaban J connectivity index is 2.57. The smallest absolute Gasteiger partial charge is 0.410 e. The van der Waals surface area contributed by atoms with E-state index in [9.17, 15) is 21.6 Å². The first-order chi connectivity index (χ1) is 13.5. The van der Waals surface area contributed by atoms with Gasteiger partial charge in [0.25, 0.3) is 10.0 Å². The van der Waals surface area contributed by atoms with Crippen molar-refractivity contribution in [3.63, 3.8) is 0 Å². The molecule has 12 heteroatoms. The SMILES string of the molecule is C=CCOC(=O)N(CC)[C@H]1CC(C)S(=O)(=O)c2sc(S(=O)(=O)/N=C/N(C)C)cc21. The van der Waals surface area contributed by atoms with Crippen LogP contribution < -0.4 is 0 Å². The standard InChI is InChI=1S/C17H25N3O6S3/c1-6-8-26-17(21)20(7-2)14-9-12(3)28(22,23)16-13(14)10-15(27-16)29(24,25)18-11-19(4)5/h6,10-12,14H,1,7-9H2,2-5H3/b18-11+/t12?,14-/m0/s1. The van der Waals surface area contributed by atoms with E-state index >= 15 is 0 Å². The molecule has 2 atom stereocenters. The van der Waals surface area contributed by atoms with E-state index in [1.54, 1.807) is 27.9 Å². The van der Waals surface area contributed by atoms with Crippen LogP contribution in [0.4, 0.5) is 4.79 Å². The van der Waals surface area contributed by atoms with Crippen molar-refractivity contribution in [2.24, 2.45) is 4.40 Å². The lowest BCUT2D eigenvalue weighted by Gasteiger charge is -2.35. The van der Waals surface area contributed by atoms with Crippen LogP contribution in [0.15, 0.2) is 31.5 Å². The number of rotatable bonds is 7. The van der Waals surface area contributed by atoms with Crippen LogP contribution in [-0.2, 0) is 24.6 Å². The summed E-state index contributed by atoms with van der Waals surface area (Å²) in [7, 11) is -4.55. The maximum Gasteiger partial charge on any atom is 0.410 e. The summed E-state index contributed by atoms with van der Waals surface area (Å²) in [5.41, 5.74) is 0.282. The fourth-order valence-electron chi connectivity index (χ4n) is 2.89. The molecule has 2 heterocycles. The molecule has 1 unspecified atom stereocenters. The number of nitrogens with zero attached hydrogens (tertiary/aromatic N) is 3. The van der Waals surface area contributed by atoms with Gasteiger partial charge in [0.2, 0.25) is 0 Å². The van der Waals surface area contributed by atoms with E-state index in [0.717, 1.165) is 6.34 Å². The summed E-state index contributed by atoms with van der Waals surface area (Å²) < 4.78 is 59.2. The average Bonchev–Trinajstić information content (AvgIpc) is 3.11. The summed E-state index contributed by atoms with van der Waals surface area (Å²) in [5.74, 6) is 0. The quantitative estimate of drug-likeness (QED) is 0.346. The predicted octanol–water partition coefficient (Wildman–Crippen LogP) is 2.28. The second kappa shape index (κ2) is 8.84. The van der Waals surface area contributed by atoms with E-state index in [1.807, 2.05) is 0 Å². The first kappa shape index (κ1) is 23.4. The van der Waals surface area contributed by atoms with E-state index in [0.29, 0.717) is 11.3 Å². The Labute approximate surface area is 175 Å². The number of sulfonamides is 1. The Bertz CT molecular complexity index is 1010. The minimum atomic E-state index is -4.07. The molecule has 9 nitrogen and oxygen atoms in total.